The van der Waals surface area contributed by atoms with Crippen LogP contribution in [-0.4, -0.2) is 17.5 Å². The van der Waals surface area contributed by atoms with Crippen LogP contribution < -0.4 is 10.7 Å². The quantitative estimate of drug-likeness (QED) is 0.555. The van der Waals surface area contributed by atoms with E-state index in [0.717, 1.165) is 22.0 Å². The third kappa shape index (κ3) is 4.13. The fourth-order valence-corrected chi connectivity index (χ4v) is 2.59. The van der Waals surface area contributed by atoms with Crippen molar-refractivity contribution in [1.82, 2.24) is 5.43 Å². The average molecular weight is 345 g/mol. The van der Waals surface area contributed by atoms with Crippen LogP contribution in [0.2, 0.25) is 0 Å². The summed E-state index contributed by atoms with van der Waals surface area (Å²) in [4.78, 5) is 23.2. The molecule has 2 N–H and O–H groups in total. The maximum Gasteiger partial charge on any atom is 0.271 e. The summed E-state index contributed by atoms with van der Waals surface area (Å²) in [5.41, 5.74) is 5.35. The lowest BCUT2D eigenvalue weighted by molar-refractivity contribution is -0.114. The molecule has 0 heterocycles. The molecule has 0 aromatic heterocycles. The zero-order chi connectivity index (χ0) is 18.5. The predicted molar refractivity (Wildman–Crippen MR) is 104 cm³/mol. The molecule has 0 radical (unpaired) electrons. The molecule has 3 aromatic rings. The van der Waals surface area contributed by atoms with Crippen molar-refractivity contribution in [3.05, 3.63) is 77.9 Å². The Balaban J connectivity index is 1.71. The molecule has 0 unspecified atom stereocenters. The molecule has 3 rings (SSSR count). The number of nitrogens with one attached hydrogen (secondary N) is 2. The number of carbonyl (C=O) groups excluding carboxylic acids is 2. The molecule has 0 aliphatic rings. The second-order valence-corrected chi connectivity index (χ2v) is 5.96. The molecule has 5 nitrogen and oxygen atoms in total. The van der Waals surface area contributed by atoms with E-state index in [4.69, 9.17) is 0 Å². The van der Waals surface area contributed by atoms with Gasteiger partial charge in [0.1, 0.15) is 0 Å². The summed E-state index contributed by atoms with van der Waals surface area (Å²) in [6.45, 7) is 3.29. The van der Waals surface area contributed by atoms with Crippen molar-refractivity contribution in [2.24, 2.45) is 5.10 Å². The lowest BCUT2D eigenvalue weighted by atomic mass is 10.0. The zero-order valence-electron chi connectivity index (χ0n) is 14.6. The van der Waals surface area contributed by atoms with Crippen LogP contribution in [0.1, 0.15) is 29.8 Å². The first kappa shape index (κ1) is 17.4. The predicted octanol–water partition coefficient (Wildman–Crippen LogP) is 3.95. The number of anilines is 1. The number of carbonyl (C=O) groups is 2. The van der Waals surface area contributed by atoms with Gasteiger partial charge < -0.3 is 5.32 Å². The molecule has 26 heavy (non-hydrogen) atoms. The van der Waals surface area contributed by atoms with Gasteiger partial charge in [-0.15, -0.1) is 0 Å². The van der Waals surface area contributed by atoms with Crippen molar-refractivity contribution in [2.75, 3.05) is 5.32 Å². The lowest BCUT2D eigenvalue weighted by Gasteiger charge is -2.06. The van der Waals surface area contributed by atoms with Crippen LogP contribution in [0.25, 0.3) is 10.8 Å². The van der Waals surface area contributed by atoms with Crippen LogP contribution in [0.5, 0.6) is 0 Å². The van der Waals surface area contributed by atoms with Gasteiger partial charge in [0.2, 0.25) is 5.91 Å². The van der Waals surface area contributed by atoms with Crippen molar-refractivity contribution < 1.29 is 9.59 Å². The number of hydrogen-bond acceptors (Lipinski definition) is 3. The first-order valence-corrected chi connectivity index (χ1v) is 8.24. The topological polar surface area (TPSA) is 70.6 Å². The number of nitrogens with zero attached hydrogens (tertiary/aromatic N) is 1. The number of benzene rings is 3. The second kappa shape index (κ2) is 7.61. The summed E-state index contributed by atoms with van der Waals surface area (Å²) in [5.74, 6) is -0.461. The van der Waals surface area contributed by atoms with Gasteiger partial charge in [0.15, 0.2) is 0 Å². The van der Waals surface area contributed by atoms with Crippen LogP contribution in [0, 0.1) is 0 Å². The number of rotatable bonds is 4. The normalized spacial score (nSPS) is 11.2. The Bertz CT molecular complexity index is 992. The van der Waals surface area contributed by atoms with Gasteiger partial charge in [0.25, 0.3) is 5.91 Å². The smallest absolute Gasteiger partial charge is 0.271 e. The molecule has 0 saturated carbocycles. The Hall–Kier alpha value is -3.47. The van der Waals surface area contributed by atoms with E-state index in [2.05, 4.69) is 21.9 Å². The van der Waals surface area contributed by atoms with Crippen LogP contribution in [0.15, 0.2) is 71.8 Å². The molecule has 2 amide bonds. The highest BCUT2D eigenvalue weighted by Gasteiger charge is 2.06. The molecule has 0 saturated heterocycles. The molecule has 0 atom stereocenters. The second-order valence-electron chi connectivity index (χ2n) is 5.96. The highest BCUT2D eigenvalue weighted by Crippen LogP contribution is 2.16. The SMILES string of the molecule is CC(=O)Nc1ccc(C(=O)N/N=C(/C)c2ccc3ccccc3c2)cc1. The molecule has 0 fully saturated rings. The molecule has 3 aromatic carbocycles. The largest absolute Gasteiger partial charge is 0.326 e. The van der Waals surface area contributed by atoms with Gasteiger partial charge in [0.05, 0.1) is 5.71 Å². The van der Waals surface area contributed by atoms with Crippen LogP contribution in [0.4, 0.5) is 5.69 Å². The summed E-state index contributed by atoms with van der Waals surface area (Å²) in [7, 11) is 0. The minimum absolute atomic E-state index is 0.155. The van der Waals surface area contributed by atoms with Crippen molar-refractivity contribution in [3.8, 4) is 0 Å². The van der Waals surface area contributed by atoms with E-state index in [1.165, 1.54) is 6.92 Å². The van der Waals surface area contributed by atoms with E-state index in [1.807, 2.05) is 43.3 Å². The first-order chi connectivity index (χ1) is 12.5. The van der Waals surface area contributed by atoms with Crippen LogP contribution in [0.3, 0.4) is 0 Å². The van der Waals surface area contributed by atoms with Gasteiger partial charge in [-0.05, 0) is 53.6 Å². The van der Waals surface area contributed by atoms with Gasteiger partial charge >= 0.3 is 0 Å². The lowest BCUT2D eigenvalue weighted by Crippen LogP contribution is -2.19. The standard InChI is InChI=1S/C21H19N3O2/c1-14(18-8-7-16-5-3-4-6-19(16)13-18)23-24-21(26)17-9-11-20(12-10-17)22-15(2)25/h3-13H,1-2H3,(H,22,25)(H,24,26)/b23-14-. The number of hydrazone groups is 1. The Morgan fingerprint density at radius 1 is 0.808 bits per heavy atom. The Labute approximate surface area is 151 Å². The average Bonchev–Trinajstić information content (AvgIpc) is 2.65. The fourth-order valence-electron chi connectivity index (χ4n) is 2.59. The van der Waals surface area contributed by atoms with Gasteiger partial charge in [-0.3, -0.25) is 9.59 Å². The van der Waals surface area contributed by atoms with Crippen molar-refractivity contribution >= 4 is 34.0 Å². The molecule has 130 valence electrons. The van der Waals surface area contributed by atoms with Gasteiger partial charge in [-0.25, -0.2) is 5.43 Å². The van der Waals surface area contributed by atoms with E-state index in [0.29, 0.717) is 11.3 Å². The molecule has 0 spiro atoms. The summed E-state index contributed by atoms with van der Waals surface area (Å²) in [5, 5.41) is 9.14. The summed E-state index contributed by atoms with van der Waals surface area (Å²) in [6.07, 6.45) is 0. The number of amides is 2. The Morgan fingerprint density at radius 2 is 1.46 bits per heavy atom. The summed E-state index contributed by atoms with van der Waals surface area (Å²) in [6, 6.07) is 20.8. The third-order valence-corrected chi connectivity index (χ3v) is 3.96. The van der Waals surface area contributed by atoms with Crippen LogP contribution >= 0.6 is 0 Å². The van der Waals surface area contributed by atoms with Crippen LogP contribution in [-0.2, 0) is 4.79 Å². The highest BCUT2D eigenvalue weighted by atomic mass is 16.2. The fraction of sp³-hybridized carbons (Fsp3) is 0.0952. The maximum absolute atomic E-state index is 12.2. The number of fused-ring (bicyclic) bond motifs is 1. The van der Waals surface area contributed by atoms with E-state index < -0.39 is 0 Å². The van der Waals surface area contributed by atoms with E-state index in [9.17, 15) is 9.59 Å². The monoisotopic (exact) mass is 345 g/mol. The number of hydrogen-bond donors (Lipinski definition) is 2. The minimum Gasteiger partial charge on any atom is -0.326 e. The molecular weight excluding hydrogens is 326 g/mol. The zero-order valence-corrected chi connectivity index (χ0v) is 14.6. The summed E-state index contributed by atoms with van der Waals surface area (Å²) < 4.78 is 0. The third-order valence-electron chi connectivity index (χ3n) is 3.96. The van der Waals surface area contributed by atoms with E-state index >= 15 is 0 Å². The highest BCUT2D eigenvalue weighted by molar-refractivity contribution is 6.03. The molecule has 0 aliphatic heterocycles. The van der Waals surface area contributed by atoms with Gasteiger partial charge in [-0.2, -0.15) is 5.10 Å². The van der Waals surface area contributed by atoms with E-state index in [1.54, 1.807) is 24.3 Å². The Kier molecular flexibility index (Phi) is 5.08. The molecular formula is C21H19N3O2. The van der Waals surface area contributed by atoms with E-state index in [-0.39, 0.29) is 11.8 Å². The Morgan fingerprint density at radius 3 is 2.15 bits per heavy atom. The maximum atomic E-state index is 12.2. The molecule has 5 heteroatoms. The van der Waals surface area contributed by atoms with Gasteiger partial charge in [0, 0.05) is 18.2 Å². The van der Waals surface area contributed by atoms with Crippen molar-refractivity contribution in [3.63, 3.8) is 0 Å². The first-order valence-electron chi connectivity index (χ1n) is 8.24. The minimum atomic E-state index is -0.306. The molecule has 0 bridgehead atoms. The summed E-state index contributed by atoms with van der Waals surface area (Å²) >= 11 is 0. The van der Waals surface area contributed by atoms with Gasteiger partial charge in [-0.1, -0.05) is 36.4 Å². The van der Waals surface area contributed by atoms with Crippen molar-refractivity contribution in [1.29, 1.82) is 0 Å². The van der Waals surface area contributed by atoms with Crippen molar-refractivity contribution in [2.45, 2.75) is 13.8 Å². The molecule has 0 aliphatic carbocycles.